The summed E-state index contributed by atoms with van der Waals surface area (Å²) >= 11 is 6.13. The summed E-state index contributed by atoms with van der Waals surface area (Å²) in [6.07, 6.45) is -0.145. The van der Waals surface area contributed by atoms with Crippen LogP contribution in [0.15, 0.2) is 78.9 Å². The van der Waals surface area contributed by atoms with Gasteiger partial charge in [-0.1, -0.05) is 60.2 Å². The van der Waals surface area contributed by atoms with Crippen molar-refractivity contribution in [1.82, 2.24) is 0 Å². The van der Waals surface area contributed by atoms with E-state index in [1.54, 1.807) is 24.3 Å². The topological polar surface area (TPSA) is 55.8 Å². The summed E-state index contributed by atoms with van der Waals surface area (Å²) in [5.41, 5.74) is 3.88. The Morgan fingerprint density at radius 3 is 2.58 bits per heavy atom. The number of halogens is 2. The molecular formula is C30H30ClFO4. The molecule has 36 heavy (non-hydrogen) atoms. The van der Waals surface area contributed by atoms with Crippen molar-refractivity contribution >= 4 is 17.6 Å². The standard InChI is InChI=1S/C30H30ClFO4/c1-18(2)24-16-25(23-9-4-5-10-27(23)32)19(3)36-30(24)26-14-20(15-29(33)34)11-12-28(26)35-17-21-7-6-8-22(31)13-21/h4-14,19,24-25,30H,1,15-17H2,2-3H3,(H,33,34)/t19-,24-,25+,30+/m1/s1. The van der Waals surface area contributed by atoms with Crippen LogP contribution < -0.4 is 4.74 Å². The third-order valence-electron chi connectivity index (χ3n) is 6.76. The van der Waals surface area contributed by atoms with Crippen molar-refractivity contribution in [2.24, 2.45) is 5.92 Å². The number of rotatable bonds is 8. The number of hydrogen-bond donors (Lipinski definition) is 1. The van der Waals surface area contributed by atoms with Crippen LogP contribution in [0.1, 0.15) is 54.5 Å². The number of aliphatic carboxylic acids is 1. The highest BCUT2D eigenvalue weighted by atomic mass is 35.5. The molecule has 4 rings (SSSR count). The number of ether oxygens (including phenoxy) is 2. The van der Waals surface area contributed by atoms with Crippen LogP contribution in [0.4, 0.5) is 4.39 Å². The normalized spacial score (nSPS) is 21.7. The lowest BCUT2D eigenvalue weighted by atomic mass is 9.75. The second-order valence-electron chi connectivity index (χ2n) is 9.44. The molecule has 1 N–H and O–H groups in total. The number of carbonyl (C=O) groups is 1. The Bertz CT molecular complexity index is 1260. The molecule has 1 saturated heterocycles. The molecule has 6 heteroatoms. The lowest BCUT2D eigenvalue weighted by Gasteiger charge is -2.42. The van der Waals surface area contributed by atoms with Gasteiger partial charge >= 0.3 is 5.97 Å². The fourth-order valence-corrected chi connectivity index (χ4v) is 5.15. The highest BCUT2D eigenvalue weighted by Crippen LogP contribution is 2.48. The first kappa shape index (κ1) is 25.9. The van der Waals surface area contributed by atoms with Crippen molar-refractivity contribution in [1.29, 1.82) is 0 Å². The zero-order chi connectivity index (χ0) is 25.8. The van der Waals surface area contributed by atoms with E-state index in [4.69, 9.17) is 21.1 Å². The van der Waals surface area contributed by atoms with Crippen molar-refractivity contribution in [2.75, 3.05) is 0 Å². The van der Waals surface area contributed by atoms with Crippen LogP contribution in [0.2, 0.25) is 5.02 Å². The Kier molecular flexibility index (Phi) is 8.12. The molecule has 0 amide bonds. The van der Waals surface area contributed by atoms with Gasteiger partial charge in [0.15, 0.2) is 0 Å². The number of hydrogen-bond acceptors (Lipinski definition) is 3. The summed E-state index contributed by atoms with van der Waals surface area (Å²) in [6, 6.07) is 19.6. The Balaban J connectivity index is 1.69. The third kappa shape index (κ3) is 5.97. The summed E-state index contributed by atoms with van der Waals surface area (Å²) in [7, 11) is 0. The van der Waals surface area contributed by atoms with Gasteiger partial charge in [-0.05, 0) is 67.3 Å². The molecule has 0 bridgehead atoms. The molecule has 0 spiro atoms. The van der Waals surface area contributed by atoms with Gasteiger partial charge in [0.25, 0.3) is 0 Å². The maximum absolute atomic E-state index is 14.7. The molecule has 0 aromatic heterocycles. The van der Waals surface area contributed by atoms with E-state index in [2.05, 4.69) is 6.58 Å². The van der Waals surface area contributed by atoms with Crippen LogP contribution in [0.25, 0.3) is 0 Å². The lowest BCUT2D eigenvalue weighted by Crippen LogP contribution is -2.35. The van der Waals surface area contributed by atoms with E-state index in [9.17, 15) is 14.3 Å². The molecule has 0 aliphatic carbocycles. The fraction of sp³-hybridized carbons (Fsp3) is 0.300. The van der Waals surface area contributed by atoms with Gasteiger partial charge in [0.1, 0.15) is 18.2 Å². The van der Waals surface area contributed by atoms with E-state index >= 15 is 0 Å². The van der Waals surface area contributed by atoms with Gasteiger partial charge in [0.2, 0.25) is 0 Å². The maximum Gasteiger partial charge on any atom is 0.307 e. The molecule has 0 unspecified atom stereocenters. The van der Waals surface area contributed by atoms with Crippen LogP contribution >= 0.6 is 11.6 Å². The van der Waals surface area contributed by atoms with Gasteiger partial charge < -0.3 is 14.6 Å². The van der Waals surface area contributed by atoms with E-state index in [1.165, 1.54) is 6.07 Å². The summed E-state index contributed by atoms with van der Waals surface area (Å²) in [4.78, 5) is 11.4. The highest BCUT2D eigenvalue weighted by Gasteiger charge is 2.40. The van der Waals surface area contributed by atoms with Crippen molar-refractivity contribution in [3.8, 4) is 5.75 Å². The summed E-state index contributed by atoms with van der Waals surface area (Å²) < 4.78 is 27.4. The SMILES string of the molecule is C=C(C)[C@H]1C[C@H](c2ccccc2F)[C@@H](C)O[C@@H]1c1cc(CC(=O)O)ccc1OCc1cccc(Cl)c1. The molecule has 1 heterocycles. The van der Waals surface area contributed by atoms with E-state index in [1.807, 2.05) is 50.2 Å². The molecule has 4 atom stereocenters. The zero-order valence-corrected chi connectivity index (χ0v) is 21.2. The van der Waals surface area contributed by atoms with Crippen molar-refractivity contribution in [3.63, 3.8) is 0 Å². The predicted octanol–water partition coefficient (Wildman–Crippen LogP) is 7.51. The average Bonchev–Trinajstić information content (AvgIpc) is 2.83. The Morgan fingerprint density at radius 1 is 1.11 bits per heavy atom. The van der Waals surface area contributed by atoms with Crippen molar-refractivity contribution in [3.05, 3.63) is 112 Å². The Labute approximate surface area is 216 Å². The smallest absolute Gasteiger partial charge is 0.307 e. The van der Waals surface area contributed by atoms with Gasteiger partial charge in [-0.3, -0.25) is 4.79 Å². The van der Waals surface area contributed by atoms with Crippen molar-refractivity contribution in [2.45, 2.75) is 51.4 Å². The van der Waals surface area contributed by atoms with Crippen LogP contribution in [0.3, 0.4) is 0 Å². The first-order valence-corrected chi connectivity index (χ1v) is 12.4. The maximum atomic E-state index is 14.7. The zero-order valence-electron chi connectivity index (χ0n) is 20.4. The summed E-state index contributed by atoms with van der Waals surface area (Å²) in [6.45, 7) is 8.40. The Morgan fingerprint density at radius 2 is 1.89 bits per heavy atom. The van der Waals surface area contributed by atoms with Gasteiger partial charge in [-0.15, -0.1) is 0 Å². The van der Waals surface area contributed by atoms with Crippen molar-refractivity contribution < 1.29 is 23.8 Å². The van der Waals surface area contributed by atoms with Gasteiger partial charge in [-0.2, -0.15) is 0 Å². The Hall–Kier alpha value is -3.15. The third-order valence-corrected chi connectivity index (χ3v) is 6.99. The minimum absolute atomic E-state index is 0.112. The van der Waals surface area contributed by atoms with E-state index in [-0.39, 0.29) is 30.2 Å². The molecule has 0 radical (unpaired) electrons. The molecular weight excluding hydrogens is 479 g/mol. The quantitative estimate of drug-likeness (QED) is 0.320. The van der Waals surface area contributed by atoms with Crippen LogP contribution in [-0.4, -0.2) is 17.2 Å². The molecule has 0 saturated carbocycles. The number of carboxylic acid groups (broad SMARTS) is 1. The van der Waals surface area contributed by atoms with Crippen LogP contribution in [0.5, 0.6) is 5.75 Å². The van der Waals surface area contributed by atoms with Gasteiger partial charge in [0, 0.05) is 22.4 Å². The highest BCUT2D eigenvalue weighted by molar-refractivity contribution is 6.30. The molecule has 188 valence electrons. The molecule has 4 nitrogen and oxygen atoms in total. The minimum atomic E-state index is -0.914. The minimum Gasteiger partial charge on any atom is -0.489 e. The van der Waals surface area contributed by atoms with Crippen LogP contribution in [0, 0.1) is 11.7 Å². The first-order chi connectivity index (χ1) is 17.2. The largest absolute Gasteiger partial charge is 0.489 e. The monoisotopic (exact) mass is 508 g/mol. The summed E-state index contributed by atoms with van der Waals surface area (Å²) in [5.74, 6) is -0.799. The van der Waals surface area contributed by atoms with Crippen LogP contribution in [-0.2, 0) is 22.6 Å². The summed E-state index contributed by atoms with van der Waals surface area (Å²) in [5, 5.41) is 9.98. The molecule has 1 fully saturated rings. The average molecular weight is 509 g/mol. The van der Waals surface area contributed by atoms with Gasteiger partial charge in [-0.25, -0.2) is 4.39 Å². The second-order valence-corrected chi connectivity index (χ2v) is 9.88. The fourth-order valence-electron chi connectivity index (χ4n) is 4.94. The van der Waals surface area contributed by atoms with E-state index < -0.39 is 12.1 Å². The van der Waals surface area contributed by atoms with E-state index in [0.29, 0.717) is 34.9 Å². The first-order valence-electron chi connectivity index (χ1n) is 12.0. The lowest BCUT2D eigenvalue weighted by molar-refractivity contribution is -0.136. The number of benzene rings is 3. The molecule has 3 aromatic rings. The second kappa shape index (κ2) is 11.3. The number of carboxylic acids is 1. The van der Waals surface area contributed by atoms with E-state index in [0.717, 1.165) is 16.7 Å². The molecule has 1 aliphatic heterocycles. The molecule has 3 aromatic carbocycles. The predicted molar refractivity (Wildman–Crippen MR) is 139 cm³/mol. The molecule has 1 aliphatic rings. The van der Waals surface area contributed by atoms with Gasteiger partial charge in [0.05, 0.1) is 18.6 Å².